The van der Waals surface area contributed by atoms with E-state index in [1.807, 2.05) is 49.1 Å². The van der Waals surface area contributed by atoms with E-state index >= 15 is 0 Å². The van der Waals surface area contributed by atoms with Crippen molar-refractivity contribution < 1.29 is 14.1 Å². The lowest BCUT2D eigenvalue weighted by atomic mass is 10.1. The fourth-order valence-corrected chi connectivity index (χ4v) is 3.50. The summed E-state index contributed by atoms with van der Waals surface area (Å²) in [6.07, 6.45) is 1.97. The number of carbonyl (C=O) groups excluding carboxylic acids is 1. The molecule has 1 unspecified atom stereocenters. The number of aromatic nitrogens is 3. The predicted molar refractivity (Wildman–Crippen MR) is 99.4 cm³/mol. The average molecular weight is 366 g/mol. The van der Waals surface area contributed by atoms with Gasteiger partial charge >= 0.3 is 0 Å². The molecule has 140 valence electrons. The van der Waals surface area contributed by atoms with Gasteiger partial charge in [0, 0.05) is 23.7 Å². The van der Waals surface area contributed by atoms with Crippen LogP contribution in [-0.2, 0) is 11.2 Å². The Bertz CT molecular complexity index is 949. The molecule has 7 heteroatoms. The summed E-state index contributed by atoms with van der Waals surface area (Å²) in [6.45, 7) is 5.05. The highest BCUT2D eigenvalue weighted by Gasteiger charge is 2.26. The van der Waals surface area contributed by atoms with Crippen molar-refractivity contribution in [2.75, 3.05) is 13.1 Å². The van der Waals surface area contributed by atoms with Crippen molar-refractivity contribution in [2.45, 2.75) is 39.2 Å². The number of rotatable bonds is 4. The zero-order chi connectivity index (χ0) is 18.8. The number of likely N-dealkylation sites (tertiary alicyclic amines) is 1. The molecule has 3 heterocycles. The maximum Gasteiger partial charge on any atom is 0.228 e. The Hall–Kier alpha value is -2.96. The Labute approximate surface area is 157 Å². The molecule has 0 aliphatic carbocycles. The third-order valence-corrected chi connectivity index (χ3v) is 4.73. The lowest BCUT2D eigenvalue weighted by molar-refractivity contribution is -0.133. The second kappa shape index (κ2) is 7.34. The van der Waals surface area contributed by atoms with Crippen LogP contribution in [0.4, 0.5) is 0 Å². The molecule has 4 rings (SSSR count). The van der Waals surface area contributed by atoms with E-state index in [0.29, 0.717) is 29.5 Å². The van der Waals surface area contributed by atoms with E-state index in [9.17, 15) is 4.79 Å². The Morgan fingerprint density at radius 1 is 1.30 bits per heavy atom. The summed E-state index contributed by atoms with van der Waals surface area (Å²) in [5, 5.41) is 4.96. The Morgan fingerprint density at radius 2 is 2.15 bits per heavy atom. The van der Waals surface area contributed by atoms with Crippen LogP contribution in [0.5, 0.6) is 5.88 Å². The Balaban J connectivity index is 1.42. The van der Waals surface area contributed by atoms with Gasteiger partial charge in [0.15, 0.2) is 5.58 Å². The van der Waals surface area contributed by atoms with Crippen molar-refractivity contribution in [1.29, 1.82) is 0 Å². The highest BCUT2D eigenvalue weighted by Crippen LogP contribution is 2.21. The van der Waals surface area contributed by atoms with Gasteiger partial charge in [0.05, 0.1) is 13.0 Å². The van der Waals surface area contributed by atoms with Gasteiger partial charge in [-0.1, -0.05) is 17.3 Å². The summed E-state index contributed by atoms with van der Waals surface area (Å²) >= 11 is 0. The van der Waals surface area contributed by atoms with Crippen LogP contribution in [0.3, 0.4) is 0 Å². The molecule has 1 saturated heterocycles. The topological polar surface area (TPSA) is 81.4 Å². The molecule has 1 amide bonds. The number of aryl methyl sites for hydroxylation is 2. The SMILES string of the molecule is Cc1cc(OC2CCCN(C(=O)Cc3noc4ccccc34)C2)nc(C)n1. The number of hydrogen-bond donors (Lipinski definition) is 0. The number of para-hydroxylation sites is 1. The summed E-state index contributed by atoms with van der Waals surface area (Å²) in [6, 6.07) is 9.42. The van der Waals surface area contributed by atoms with E-state index in [1.165, 1.54) is 0 Å². The van der Waals surface area contributed by atoms with Crippen LogP contribution in [0, 0.1) is 13.8 Å². The molecular formula is C20H22N4O3. The standard InChI is InChI=1S/C20H22N4O3/c1-13-10-19(22-14(2)21-13)26-15-6-5-9-24(12-15)20(25)11-17-16-7-3-4-8-18(16)27-23-17/h3-4,7-8,10,15H,5-6,9,11-12H2,1-2H3. The normalized spacial score (nSPS) is 17.3. The number of piperidine rings is 1. The van der Waals surface area contributed by atoms with Crippen LogP contribution in [0.2, 0.25) is 0 Å². The molecule has 0 N–H and O–H groups in total. The highest BCUT2D eigenvalue weighted by atomic mass is 16.5. The van der Waals surface area contributed by atoms with E-state index in [2.05, 4.69) is 15.1 Å². The van der Waals surface area contributed by atoms with Crippen LogP contribution in [-0.4, -0.2) is 45.1 Å². The molecule has 1 atom stereocenters. The number of amides is 1. The smallest absolute Gasteiger partial charge is 0.228 e. The van der Waals surface area contributed by atoms with E-state index in [4.69, 9.17) is 9.26 Å². The minimum Gasteiger partial charge on any atom is -0.472 e. The third-order valence-electron chi connectivity index (χ3n) is 4.73. The number of benzene rings is 1. The fraction of sp³-hybridized carbons (Fsp3) is 0.400. The second-order valence-electron chi connectivity index (χ2n) is 6.92. The molecule has 2 aromatic heterocycles. The predicted octanol–water partition coefficient (Wildman–Crippen LogP) is 2.85. The van der Waals surface area contributed by atoms with Crippen molar-refractivity contribution in [3.05, 3.63) is 47.5 Å². The third kappa shape index (κ3) is 3.92. The van der Waals surface area contributed by atoms with Gasteiger partial charge in [-0.25, -0.2) is 4.98 Å². The first-order valence-electron chi connectivity index (χ1n) is 9.18. The highest BCUT2D eigenvalue weighted by molar-refractivity contribution is 5.86. The largest absolute Gasteiger partial charge is 0.472 e. The van der Waals surface area contributed by atoms with Gasteiger partial charge in [-0.15, -0.1) is 0 Å². The number of ether oxygens (including phenoxy) is 1. The number of nitrogens with zero attached hydrogens (tertiary/aromatic N) is 4. The number of fused-ring (bicyclic) bond motifs is 1. The monoisotopic (exact) mass is 366 g/mol. The van der Waals surface area contributed by atoms with Gasteiger partial charge in [-0.05, 0) is 38.8 Å². The van der Waals surface area contributed by atoms with E-state index in [1.54, 1.807) is 0 Å². The molecule has 0 saturated carbocycles. The average Bonchev–Trinajstić information content (AvgIpc) is 3.04. The van der Waals surface area contributed by atoms with Gasteiger partial charge in [0.25, 0.3) is 0 Å². The quantitative estimate of drug-likeness (QED) is 0.706. The molecule has 1 aliphatic heterocycles. The lowest BCUT2D eigenvalue weighted by Gasteiger charge is -2.32. The summed E-state index contributed by atoms with van der Waals surface area (Å²) in [4.78, 5) is 23.2. The molecule has 1 aliphatic rings. The van der Waals surface area contributed by atoms with Gasteiger partial charge in [0.1, 0.15) is 17.6 Å². The summed E-state index contributed by atoms with van der Waals surface area (Å²) in [7, 11) is 0. The molecule has 0 bridgehead atoms. The van der Waals surface area contributed by atoms with Crippen molar-refractivity contribution in [3.8, 4) is 5.88 Å². The zero-order valence-corrected chi connectivity index (χ0v) is 15.5. The molecule has 1 aromatic carbocycles. The van der Waals surface area contributed by atoms with Crippen LogP contribution in [0.25, 0.3) is 11.0 Å². The van der Waals surface area contributed by atoms with Crippen molar-refractivity contribution in [1.82, 2.24) is 20.0 Å². The zero-order valence-electron chi connectivity index (χ0n) is 15.5. The number of carbonyl (C=O) groups is 1. The molecule has 0 radical (unpaired) electrons. The van der Waals surface area contributed by atoms with Crippen LogP contribution < -0.4 is 4.74 Å². The van der Waals surface area contributed by atoms with Crippen LogP contribution in [0.1, 0.15) is 30.1 Å². The van der Waals surface area contributed by atoms with Gasteiger partial charge < -0.3 is 14.2 Å². The molecule has 3 aromatic rings. The first-order chi connectivity index (χ1) is 13.1. The maximum atomic E-state index is 12.8. The Morgan fingerprint density at radius 3 is 3.00 bits per heavy atom. The number of hydrogen-bond acceptors (Lipinski definition) is 6. The van der Waals surface area contributed by atoms with Crippen molar-refractivity contribution in [3.63, 3.8) is 0 Å². The fourth-order valence-electron chi connectivity index (χ4n) is 3.50. The lowest BCUT2D eigenvalue weighted by Crippen LogP contribution is -2.45. The van der Waals surface area contributed by atoms with Gasteiger partial charge in [-0.3, -0.25) is 4.79 Å². The van der Waals surface area contributed by atoms with Gasteiger partial charge in [0.2, 0.25) is 11.8 Å². The Kier molecular flexibility index (Phi) is 4.75. The molecule has 27 heavy (non-hydrogen) atoms. The molecular weight excluding hydrogens is 344 g/mol. The molecule has 0 spiro atoms. The van der Waals surface area contributed by atoms with Gasteiger partial charge in [-0.2, -0.15) is 4.98 Å². The van der Waals surface area contributed by atoms with Crippen LogP contribution >= 0.6 is 0 Å². The summed E-state index contributed by atoms with van der Waals surface area (Å²) in [5.74, 6) is 1.30. The molecule has 7 nitrogen and oxygen atoms in total. The van der Waals surface area contributed by atoms with E-state index < -0.39 is 0 Å². The van der Waals surface area contributed by atoms with Crippen molar-refractivity contribution in [2.24, 2.45) is 0 Å². The summed E-state index contributed by atoms with van der Waals surface area (Å²) < 4.78 is 11.3. The summed E-state index contributed by atoms with van der Waals surface area (Å²) in [5.41, 5.74) is 2.26. The maximum absolute atomic E-state index is 12.8. The van der Waals surface area contributed by atoms with E-state index in [0.717, 1.165) is 30.5 Å². The second-order valence-corrected chi connectivity index (χ2v) is 6.92. The van der Waals surface area contributed by atoms with Crippen molar-refractivity contribution >= 4 is 16.9 Å². The minimum absolute atomic E-state index is 0.0393. The van der Waals surface area contributed by atoms with E-state index in [-0.39, 0.29) is 18.4 Å². The first-order valence-corrected chi connectivity index (χ1v) is 9.18. The first kappa shape index (κ1) is 17.5. The molecule has 1 fully saturated rings. The van der Waals surface area contributed by atoms with Crippen LogP contribution in [0.15, 0.2) is 34.9 Å². The minimum atomic E-state index is -0.0644.